The molecule has 68 valence electrons. The van der Waals surface area contributed by atoms with E-state index in [1.807, 2.05) is 18.1 Å². The van der Waals surface area contributed by atoms with Crippen LogP contribution in [0.4, 0.5) is 0 Å². The second kappa shape index (κ2) is 3.77. The number of rotatable bonds is 1. The molecule has 0 aromatic rings. The van der Waals surface area contributed by atoms with E-state index in [1.165, 1.54) is 11.8 Å². The summed E-state index contributed by atoms with van der Waals surface area (Å²) in [5, 5.41) is 0.831. The van der Waals surface area contributed by atoms with Gasteiger partial charge in [0, 0.05) is 6.54 Å². The molecule has 12 heavy (non-hydrogen) atoms. The molecule has 0 bridgehead atoms. The van der Waals surface area contributed by atoms with Gasteiger partial charge in [0.2, 0.25) is 5.96 Å². The zero-order valence-electron chi connectivity index (χ0n) is 7.19. The van der Waals surface area contributed by atoms with Crippen molar-refractivity contribution < 1.29 is 0 Å². The molecule has 1 unspecified atom stereocenters. The normalized spacial score (nSPS) is 23.6. The topological polar surface area (TPSA) is 80.0 Å². The van der Waals surface area contributed by atoms with Crippen molar-refractivity contribution >= 4 is 22.9 Å². The average Bonchev–Trinajstić information content (AvgIpc) is 2.03. The largest absolute Gasteiger partial charge is 0.368 e. The van der Waals surface area contributed by atoms with Crippen LogP contribution >= 0.6 is 11.8 Å². The maximum atomic E-state index is 5.71. The monoisotopic (exact) mass is 187 g/mol. The second-order valence-electron chi connectivity index (χ2n) is 2.29. The number of nitrogens with zero attached hydrogens (tertiary/aromatic N) is 3. The van der Waals surface area contributed by atoms with Gasteiger partial charge in [-0.05, 0) is 13.2 Å². The molecule has 0 saturated carbocycles. The summed E-state index contributed by atoms with van der Waals surface area (Å²) in [6.07, 6.45) is 1.56. The van der Waals surface area contributed by atoms with E-state index in [2.05, 4.69) is 9.98 Å². The van der Waals surface area contributed by atoms with Crippen molar-refractivity contribution in [2.75, 3.05) is 12.8 Å². The number of hydrogen-bond acceptors (Lipinski definition) is 6. The molecule has 1 aliphatic rings. The first-order valence-electron chi connectivity index (χ1n) is 3.67. The van der Waals surface area contributed by atoms with Gasteiger partial charge in [0.1, 0.15) is 0 Å². The third-order valence-corrected chi connectivity index (χ3v) is 2.25. The Balaban J connectivity index is 2.85. The maximum Gasteiger partial charge on any atom is 0.221 e. The van der Waals surface area contributed by atoms with Gasteiger partial charge in [0.05, 0.1) is 0 Å². The summed E-state index contributed by atoms with van der Waals surface area (Å²) < 4.78 is 0. The van der Waals surface area contributed by atoms with Crippen LogP contribution in [0.25, 0.3) is 0 Å². The fraction of sp³-hybridized carbons (Fsp3) is 0.667. The second-order valence-corrected chi connectivity index (χ2v) is 3.06. The highest BCUT2D eigenvalue weighted by molar-refractivity contribution is 8.13. The summed E-state index contributed by atoms with van der Waals surface area (Å²) >= 11 is 1.52. The molecule has 5 nitrogen and oxygen atoms in total. The minimum absolute atomic E-state index is 0.261. The number of thioether (sulfide) groups is 1. The Labute approximate surface area is 75.9 Å². The van der Waals surface area contributed by atoms with Crippen LogP contribution in [-0.4, -0.2) is 35.1 Å². The van der Waals surface area contributed by atoms with E-state index in [9.17, 15) is 0 Å². The Kier molecular flexibility index (Phi) is 2.93. The third kappa shape index (κ3) is 1.70. The maximum absolute atomic E-state index is 5.71. The van der Waals surface area contributed by atoms with E-state index in [0.717, 1.165) is 11.7 Å². The van der Waals surface area contributed by atoms with Gasteiger partial charge in [-0.3, -0.25) is 5.73 Å². The Hall–Kier alpha value is -0.750. The standard InChI is InChI=1S/C6H13N5S/c1-3-11-5(8)9-4(7)10-6(11)12-2/h5H,3,8H2,1-2H3,(H2,7,9). The number of guanidine groups is 1. The smallest absolute Gasteiger partial charge is 0.221 e. The van der Waals surface area contributed by atoms with Crippen molar-refractivity contribution in [3.63, 3.8) is 0 Å². The van der Waals surface area contributed by atoms with Crippen LogP contribution in [0.2, 0.25) is 0 Å². The van der Waals surface area contributed by atoms with Gasteiger partial charge in [-0.25, -0.2) is 4.99 Å². The highest BCUT2D eigenvalue weighted by Crippen LogP contribution is 2.11. The lowest BCUT2D eigenvalue weighted by Crippen LogP contribution is -2.47. The molecule has 0 spiro atoms. The van der Waals surface area contributed by atoms with Crippen molar-refractivity contribution in [3.8, 4) is 0 Å². The summed E-state index contributed by atoms with van der Waals surface area (Å²) in [4.78, 5) is 9.88. The summed E-state index contributed by atoms with van der Waals surface area (Å²) in [7, 11) is 0. The molecule has 0 aromatic heterocycles. The lowest BCUT2D eigenvalue weighted by atomic mass is 10.6. The third-order valence-electron chi connectivity index (χ3n) is 1.56. The van der Waals surface area contributed by atoms with E-state index in [0.29, 0.717) is 0 Å². The van der Waals surface area contributed by atoms with Gasteiger partial charge in [0.15, 0.2) is 11.5 Å². The van der Waals surface area contributed by atoms with Crippen LogP contribution in [-0.2, 0) is 0 Å². The van der Waals surface area contributed by atoms with Gasteiger partial charge in [-0.1, -0.05) is 11.8 Å². The van der Waals surface area contributed by atoms with Crippen molar-refractivity contribution in [1.82, 2.24) is 4.90 Å². The van der Waals surface area contributed by atoms with E-state index in [1.54, 1.807) is 0 Å². The molecule has 6 heteroatoms. The van der Waals surface area contributed by atoms with E-state index in [4.69, 9.17) is 11.5 Å². The van der Waals surface area contributed by atoms with Crippen molar-refractivity contribution in [2.45, 2.75) is 13.2 Å². The van der Waals surface area contributed by atoms with Gasteiger partial charge in [0.25, 0.3) is 0 Å². The summed E-state index contributed by atoms with van der Waals surface area (Å²) in [5.74, 6) is 0.261. The van der Waals surface area contributed by atoms with E-state index >= 15 is 0 Å². The predicted octanol–water partition coefficient (Wildman–Crippen LogP) is -0.402. The molecule has 1 heterocycles. The van der Waals surface area contributed by atoms with E-state index < -0.39 is 0 Å². The predicted molar refractivity (Wildman–Crippen MR) is 52.9 cm³/mol. The Bertz CT molecular complexity index is 224. The first kappa shape index (κ1) is 9.34. The van der Waals surface area contributed by atoms with Crippen LogP contribution in [0, 0.1) is 0 Å². The molecule has 0 saturated heterocycles. The van der Waals surface area contributed by atoms with Crippen LogP contribution in [0.15, 0.2) is 9.98 Å². The molecule has 4 N–H and O–H groups in total. The Morgan fingerprint density at radius 1 is 1.67 bits per heavy atom. The lowest BCUT2D eigenvalue weighted by Gasteiger charge is -2.29. The van der Waals surface area contributed by atoms with E-state index in [-0.39, 0.29) is 12.2 Å². The minimum atomic E-state index is -0.380. The lowest BCUT2D eigenvalue weighted by molar-refractivity contribution is 0.343. The van der Waals surface area contributed by atoms with Gasteiger partial charge >= 0.3 is 0 Å². The molecular formula is C6H13N5S. The van der Waals surface area contributed by atoms with Crippen LogP contribution in [0.5, 0.6) is 0 Å². The number of aliphatic imine (C=N–C) groups is 2. The van der Waals surface area contributed by atoms with Gasteiger partial charge < -0.3 is 10.6 Å². The Morgan fingerprint density at radius 2 is 2.33 bits per heavy atom. The van der Waals surface area contributed by atoms with Crippen LogP contribution in [0.1, 0.15) is 6.92 Å². The fourth-order valence-electron chi connectivity index (χ4n) is 0.995. The van der Waals surface area contributed by atoms with Crippen molar-refractivity contribution in [1.29, 1.82) is 0 Å². The molecule has 0 fully saturated rings. The van der Waals surface area contributed by atoms with Crippen molar-refractivity contribution in [2.24, 2.45) is 21.5 Å². The Morgan fingerprint density at radius 3 is 2.83 bits per heavy atom. The summed E-state index contributed by atoms with van der Waals surface area (Å²) in [5.41, 5.74) is 11.2. The molecule has 0 aliphatic carbocycles. The molecule has 1 rings (SSSR count). The quantitative estimate of drug-likeness (QED) is 0.585. The SMILES string of the molecule is CCN1C(SC)=NC(N)=NC1N. The molecule has 0 aromatic carbocycles. The van der Waals surface area contributed by atoms with Crippen LogP contribution < -0.4 is 11.5 Å². The average molecular weight is 187 g/mol. The fourth-order valence-corrected chi connectivity index (χ4v) is 1.65. The molecule has 1 atom stereocenters. The molecule has 0 radical (unpaired) electrons. The van der Waals surface area contributed by atoms with Gasteiger partial charge in [-0.2, -0.15) is 4.99 Å². The highest BCUT2D eigenvalue weighted by atomic mass is 32.2. The molecule has 1 aliphatic heterocycles. The summed E-state index contributed by atoms with van der Waals surface area (Å²) in [6, 6.07) is 0. The first-order valence-corrected chi connectivity index (χ1v) is 4.89. The minimum Gasteiger partial charge on any atom is -0.368 e. The summed E-state index contributed by atoms with van der Waals surface area (Å²) in [6.45, 7) is 2.79. The van der Waals surface area contributed by atoms with Gasteiger partial charge in [-0.15, -0.1) is 0 Å². The zero-order valence-corrected chi connectivity index (χ0v) is 8.01. The van der Waals surface area contributed by atoms with Crippen LogP contribution in [0.3, 0.4) is 0 Å². The molecular weight excluding hydrogens is 174 g/mol. The number of nitrogens with two attached hydrogens (primary N) is 2. The highest BCUT2D eigenvalue weighted by Gasteiger charge is 2.19. The number of hydrogen-bond donors (Lipinski definition) is 2. The van der Waals surface area contributed by atoms with Crippen molar-refractivity contribution in [3.05, 3.63) is 0 Å². The zero-order chi connectivity index (χ0) is 9.14. The first-order chi connectivity index (χ1) is 5.69. The molecule has 0 amide bonds. The number of amidine groups is 1.